The normalized spacial score (nSPS) is 32.7. The third-order valence-corrected chi connectivity index (χ3v) is 6.01. The molecule has 0 spiro atoms. The van der Waals surface area contributed by atoms with Crippen molar-refractivity contribution in [2.24, 2.45) is 5.41 Å². The van der Waals surface area contributed by atoms with Gasteiger partial charge in [-0.25, -0.2) is 4.39 Å². The molecule has 2 aliphatic carbocycles. The molecule has 2 saturated carbocycles. The van der Waals surface area contributed by atoms with Crippen LogP contribution in [0.3, 0.4) is 0 Å². The molecule has 0 N–H and O–H groups in total. The summed E-state index contributed by atoms with van der Waals surface area (Å²) in [6.45, 7) is 2.00. The van der Waals surface area contributed by atoms with Crippen molar-refractivity contribution in [1.29, 1.82) is 0 Å². The van der Waals surface area contributed by atoms with Gasteiger partial charge in [-0.1, -0.05) is 17.7 Å². The zero-order chi connectivity index (χ0) is 14.4. The van der Waals surface area contributed by atoms with Gasteiger partial charge in [0.2, 0.25) is 0 Å². The fourth-order valence-corrected chi connectivity index (χ4v) is 4.44. The topological polar surface area (TPSA) is 43.4 Å². The van der Waals surface area contributed by atoms with E-state index in [0.717, 1.165) is 18.4 Å². The van der Waals surface area contributed by atoms with Gasteiger partial charge in [0.25, 0.3) is 10.1 Å². The van der Waals surface area contributed by atoms with E-state index < -0.39 is 15.8 Å². The second-order valence-corrected chi connectivity index (χ2v) is 7.97. The second kappa shape index (κ2) is 4.53. The van der Waals surface area contributed by atoms with Crippen LogP contribution in [0.2, 0.25) is 0 Å². The Morgan fingerprint density at radius 3 is 2.25 bits per heavy atom. The Labute approximate surface area is 119 Å². The first-order chi connectivity index (χ1) is 9.33. The van der Waals surface area contributed by atoms with Gasteiger partial charge in [0.05, 0.1) is 11.5 Å². The Balaban J connectivity index is 1.70. The van der Waals surface area contributed by atoms with Gasteiger partial charge in [-0.05, 0) is 56.6 Å². The highest BCUT2D eigenvalue weighted by Crippen LogP contribution is 2.58. The van der Waals surface area contributed by atoms with Crippen LogP contribution in [0.4, 0.5) is 4.39 Å². The highest BCUT2D eigenvalue weighted by atomic mass is 32.2. The van der Waals surface area contributed by atoms with E-state index in [0.29, 0.717) is 19.3 Å². The summed E-state index contributed by atoms with van der Waals surface area (Å²) < 4.78 is 43.6. The predicted molar refractivity (Wildman–Crippen MR) is 73.7 cm³/mol. The summed E-state index contributed by atoms with van der Waals surface area (Å²) in [6, 6.07) is 6.58. The smallest absolute Gasteiger partial charge is 0.266 e. The van der Waals surface area contributed by atoms with E-state index in [1.807, 2.05) is 6.92 Å². The summed E-state index contributed by atoms with van der Waals surface area (Å²) >= 11 is 0. The molecule has 0 radical (unpaired) electrons. The molecule has 5 heteroatoms. The molecule has 2 bridgehead atoms. The first-order valence-corrected chi connectivity index (χ1v) is 8.39. The number of alkyl halides is 1. The molecule has 2 aliphatic rings. The van der Waals surface area contributed by atoms with Crippen molar-refractivity contribution in [3.63, 3.8) is 0 Å². The van der Waals surface area contributed by atoms with E-state index in [2.05, 4.69) is 0 Å². The quantitative estimate of drug-likeness (QED) is 0.800. The molecule has 2 fully saturated rings. The van der Waals surface area contributed by atoms with E-state index in [1.54, 1.807) is 24.3 Å². The Bertz CT molecular complexity index is 599. The molecule has 3 rings (SSSR count). The predicted octanol–water partition coefficient (Wildman–Crippen LogP) is 3.37. The molecule has 20 heavy (non-hydrogen) atoms. The van der Waals surface area contributed by atoms with Gasteiger partial charge >= 0.3 is 0 Å². The fourth-order valence-electron chi connectivity index (χ4n) is 3.42. The summed E-state index contributed by atoms with van der Waals surface area (Å²) in [5.41, 5.74) is -0.347. The van der Waals surface area contributed by atoms with Crippen molar-refractivity contribution in [3.05, 3.63) is 29.8 Å². The lowest BCUT2D eigenvalue weighted by Crippen LogP contribution is -2.23. The minimum atomic E-state index is -3.74. The third kappa shape index (κ3) is 2.49. The van der Waals surface area contributed by atoms with Crippen LogP contribution in [0.5, 0.6) is 0 Å². The number of rotatable bonds is 4. The molecule has 1 aromatic rings. The maximum Gasteiger partial charge on any atom is 0.296 e. The van der Waals surface area contributed by atoms with Crippen LogP contribution < -0.4 is 0 Å². The average molecular weight is 298 g/mol. The molecule has 110 valence electrons. The van der Waals surface area contributed by atoms with Crippen LogP contribution >= 0.6 is 0 Å². The third-order valence-electron chi connectivity index (χ3n) is 4.73. The van der Waals surface area contributed by atoms with E-state index in [9.17, 15) is 12.8 Å². The number of benzene rings is 1. The number of hydrogen-bond acceptors (Lipinski definition) is 3. The number of hydrogen-bond donors (Lipinski definition) is 0. The van der Waals surface area contributed by atoms with Gasteiger partial charge in [-0.2, -0.15) is 8.42 Å². The Morgan fingerprint density at radius 2 is 1.75 bits per heavy atom. The zero-order valence-electron chi connectivity index (χ0n) is 11.6. The molecular weight excluding hydrogens is 279 g/mol. The highest BCUT2D eigenvalue weighted by molar-refractivity contribution is 7.86. The van der Waals surface area contributed by atoms with Crippen LogP contribution in [-0.2, 0) is 14.3 Å². The lowest BCUT2D eigenvalue weighted by atomic mass is 9.85. The standard InChI is InChI=1S/C15H19FO3S/c1-12-2-4-13(5-3-12)20(17,18)19-11-14-6-8-15(16,10-14)9-7-14/h2-5H,6-11H2,1H3. The van der Waals surface area contributed by atoms with Crippen molar-refractivity contribution in [1.82, 2.24) is 0 Å². The summed E-state index contributed by atoms with van der Waals surface area (Å²) in [7, 11) is -3.74. The second-order valence-electron chi connectivity index (χ2n) is 6.36. The molecule has 3 nitrogen and oxygen atoms in total. The van der Waals surface area contributed by atoms with Crippen LogP contribution in [0, 0.1) is 12.3 Å². The van der Waals surface area contributed by atoms with Crippen molar-refractivity contribution >= 4 is 10.1 Å². The van der Waals surface area contributed by atoms with E-state index >= 15 is 0 Å². The minimum Gasteiger partial charge on any atom is -0.266 e. The molecule has 0 saturated heterocycles. The fraction of sp³-hybridized carbons (Fsp3) is 0.600. The maximum atomic E-state index is 14.1. The minimum absolute atomic E-state index is 0.106. The van der Waals surface area contributed by atoms with E-state index in [1.165, 1.54) is 0 Å². The van der Waals surface area contributed by atoms with Crippen LogP contribution in [0.15, 0.2) is 29.2 Å². The Morgan fingerprint density at radius 1 is 1.15 bits per heavy atom. The van der Waals surface area contributed by atoms with Crippen LogP contribution in [-0.4, -0.2) is 20.7 Å². The summed E-state index contributed by atoms with van der Waals surface area (Å²) in [4.78, 5) is 0.169. The van der Waals surface area contributed by atoms with E-state index in [4.69, 9.17) is 4.18 Å². The lowest BCUT2D eigenvalue weighted by molar-refractivity contribution is 0.156. The van der Waals surface area contributed by atoms with Gasteiger partial charge in [0.1, 0.15) is 5.67 Å². The van der Waals surface area contributed by atoms with Gasteiger partial charge in [-0.3, -0.25) is 4.18 Å². The van der Waals surface area contributed by atoms with Gasteiger partial charge in [-0.15, -0.1) is 0 Å². The molecule has 0 unspecified atom stereocenters. The van der Waals surface area contributed by atoms with Crippen LogP contribution in [0.25, 0.3) is 0 Å². The summed E-state index contributed by atoms with van der Waals surface area (Å²) in [6.07, 6.45) is 2.99. The zero-order valence-corrected chi connectivity index (χ0v) is 12.4. The molecule has 0 amide bonds. The summed E-state index contributed by atoms with van der Waals surface area (Å²) in [5.74, 6) is 0. The maximum absolute atomic E-state index is 14.1. The first kappa shape index (κ1) is 14.0. The van der Waals surface area contributed by atoms with Gasteiger partial charge < -0.3 is 0 Å². The van der Waals surface area contributed by atoms with E-state index in [-0.39, 0.29) is 16.9 Å². The van der Waals surface area contributed by atoms with Crippen molar-refractivity contribution in [3.8, 4) is 0 Å². The summed E-state index contributed by atoms with van der Waals surface area (Å²) in [5, 5.41) is 0. The Kier molecular flexibility index (Phi) is 3.18. The van der Waals surface area contributed by atoms with Crippen molar-refractivity contribution in [2.45, 2.75) is 49.6 Å². The average Bonchev–Trinajstić information content (AvgIpc) is 2.91. The molecule has 0 aromatic heterocycles. The highest BCUT2D eigenvalue weighted by Gasteiger charge is 2.55. The van der Waals surface area contributed by atoms with Crippen molar-refractivity contribution < 1.29 is 17.0 Å². The molecule has 0 heterocycles. The molecule has 0 aliphatic heterocycles. The molecule has 1 aromatic carbocycles. The monoisotopic (exact) mass is 298 g/mol. The Hall–Kier alpha value is -0.940. The number of aryl methyl sites for hydroxylation is 1. The van der Waals surface area contributed by atoms with Gasteiger partial charge in [0, 0.05) is 0 Å². The van der Waals surface area contributed by atoms with Crippen molar-refractivity contribution in [2.75, 3.05) is 6.61 Å². The molecule has 0 atom stereocenters. The largest absolute Gasteiger partial charge is 0.296 e. The first-order valence-electron chi connectivity index (χ1n) is 6.98. The number of halogens is 1. The number of fused-ring (bicyclic) bond motifs is 2. The molecular formula is C15H19FO3S. The SMILES string of the molecule is Cc1ccc(S(=O)(=O)OCC23CCC(F)(CC2)C3)cc1. The van der Waals surface area contributed by atoms with Gasteiger partial charge in [0.15, 0.2) is 0 Å². The van der Waals surface area contributed by atoms with Crippen LogP contribution in [0.1, 0.15) is 37.7 Å². The lowest BCUT2D eigenvalue weighted by Gasteiger charge is -2.25.